The monoisotopic (exact) mass is 249 g/mol. The van der Waals surface area contributed by atoms with Gasteiger partial charge in [-0.3, -0.25) is 4.79 Å². The minimum atomic E-state index is 0.0656. The van der Waals surface area contributed by atoms with Crippen LogP contribution in [0.1, 0.15) is 37.3 Å². The molecule has 0 saturated carbocycles. The minimum absolute atomic E-state index is 0.0656. The Bertz CT molecular complexity index is 359. The molecule has 0 heterocycles. The van der Waals surface area contributed by atoms with Gasteiger partial charge in [0, 0.05) is 19.1 Å². The first-order valence-electron chi connectivity index (χ1n) is 6.61. The summed E-state index contributed by atoms with van der Waals surface area (Å²) >= 11 is 0. The van der Waals surface area contributed by atoms with Crippen LogP contribution in [0.2, 0.25) is 0 Å². The fraction of sp³-hybridized carbons (Fsp3) is 0.533. The van der Waals surface area contributed by atoms with Crippen molar-refractivity contribution in [2.24, 2.45) is 0 Å². The summed E-state index contributed by atoms with van der Waals surface area (Å²) in [6.45, 7) is 4.19. The highest BCUT2D eigenvalue weighted by Gasteiger charge is 2.09. The lowest BCUT2D eigenvalue weighted by Crippen LogP contribution is -2.35. The molecule has 0 bridgehead atoms. The number of carbonyl (C=O) groups excluding carboxylic acids is 1. The van der Waals surface area contributed by atoms with Crippen molar-refractivity contribution in [2.75, 3.05) is 6.61 Å². The molecule has 1 amide bonds. The van der Waals surface area contributed by atoms with Crippen molar-refractivity contribution in [3.8, 4) is 0 Å². The summed E-state index contributed by atoms with van der Waals surface area (Å²) in [5, 5.41) is 11.8. The number of benzene rings is 1. The van der Waals surface area contributed by atoms with Crippen LogP contribution < -0.4 is 5.32 Å². The molecule has 1 aromatic carbocycles. The number of aliphatic hydroxyl groups excluding tert-OH is 1. The number of nitrogens with one attached hydrogen (secondary N) is 1. The van der Waals surface area contributed by atoms with E-state index in [1.54, 1.807) is 0 Å². The van der Waals surface area contributed by atoms with Gasteiger partial charge < -0.3 is 10.4 Å². The van der Waals surface area contributed by atoms with Crippen LogP contribution in [0.15, 0.2) is 24.3 Å². The average molecular weight is 249 g/mol. The second-order valence-corrected chi connectivity index (χ2v) is 4.67. The van der Waals surface area contributed by atoms with E-state index in [1.807, 2.05) is 6.92 Å². The van der Waals surface area contributed by atoms with Gasteiger partial charge in [0.25, 0.3) is 0 Å². The smallest absolute Gasteiger partial charge is 0.220 e. The van der Waals surface area contributed by atoms with Crippen LogP contribution in [0.3, 0.4) is 0 Å². The summed E-state index contributed by atoms with van der Waals surface area (Å²) in [6, 6.07) is 8.35. The second-order valence-electron chi connectivity index (χ2n) is 4.67. The SMILES string of the molecule is CCC(CCO)NC(=O)CCc1ccc(C)cc1. The fourth-order valence-electron chi connectivity index (χ4n) is 1.85. The zero-order valence-corrected chi connectivity index (χ0v) is 11.3. The molecule has 0 aliphatic carbocycles. The van der Waals surface area contributed by atoms with E-state index in [4.69, 9.17) is 5.11 Å². The predicted molar refractivity (Wildman–Crippen MR) is 73.4 cm³/mol. The molecule has 1 atom stereocenters. The molecule has 0 aliphatic heterocycles. The maximum absolute atomic E-state index is 11.7. The molecule has 0 saturated heterocycles. The number of rotatable bonds is 7. The summed E-state index contributed by atoms with van der Waals surface area (Å²) in [4.78, 5) is 11.7. The highest BCUT2D eigenvalue weighted by molar-refractivity contribution is 5.76. The topological polar surface area (TPSA) is 49.3 Å². The molecule has 1 rings (SSSR count). The largest absolute Gasteiger partial charge is 0.396 e. The molecule has 100 valence electrons. The van der Waals surface area contributed by atoms with Crippen molar-refractivity contribution in [1.82, 2.24) is 5.32 Å². The molecule has 3 nitrogen and oxygen atoms in total. The lowest BCUT2D eigenvalue weighted by Gasteiger charge is -2.15. The summed E-state index contributed by atoms with van der Waals surface area (Å²) in [7, 11) is 0. The molecule has 0 radical (unpaired) electrons. The molecule has 3 heteroatoms. The van der Waals surface area contributed by atoms with E-state index in [0.29, 0.717) is 12.8 Å². The number of hydrogen-bond acceptors (Lipinski definition) is 2. The Labute approximate surface area is 109 Å². The van der Waals surface area contributed by atoms with E-state index in [-0.39, 0.29) is 18.6 Å². The highest BCUT2D eigenvalue weighted by atomic mass is 16.3. The molecule has 0 fully saturated rings. The van der Waals surface area contributed by atoms with Gasteiger partial charge in [-0.2, -0.15) is 0 Å². The van der Waals surface area contributed by atoms with E-state index >= 15 is 0 Å². The van der Waals surface area contributed by atoms with Crippen LogP contribution in [0, 0.1) is 6.92 Å². The Hall–Kier alpha value is -1.35. The van der Waals surface area contributed by atoms with Gasteiger partial charge in [0.2, 0.25) is 5.91 Å². The molecular formula is C15H23NO2. The lowest BCUT2D eigenvalue weighted by atomic mass is 10.1. The van der Waals surface area contributed by atoms with E-state index in [0.717, 1.165) is 12.8 Å². The van der Waals surface area contributed by atoms with E-state index in [1.165, 1.54) is 11.1 Å². The first-order valence-corrected chi connectivity index (χ1v) is 6.61. The molecule has 0 aliphatic rings. The number of aryl methyl sites for hydroxylation is 2. The van der Waals surface area contributed by atoms with Gasteiger partial charge in [-0.1, -0.05) is 36.8 Å². The van der Waals surface area contributed by atoms with Crippen LogP contribution in [0.25, 0.3) is 0 Å². The maximum atomic E-state index is 11.7. The van der Waals surface area contributed by atoms with Crippen molar-refractivity contribution >= 4 is 5.91 Å². The molecule has 0 aromatic heterocycles. The standard InChI is InChI=1S/C15H23NO2/c1-3-14(10-11-17)16-15(18)9-8-13-6-4-12(2)5-7-13/h4-7,14,17H,3,8-11H2,1-2H3,(H,16,18). The van der Waals surface area contributed by atoms with Crippen molar-refractivity contribution in [1.29, 1.82) is 0 Å². The van der Waals surface area contributed by atoms with E-state index in [9.17, 15) is 4.79 Å². The molecule has 2 N–H and O–H groups in total. The third-order valence-electron chi connectivity index (χ3n) is 3.10. The highest BCUT2D eigenvalue weighted by Crippen LogP contribution is 2.06. The normalized spacial score (nSPS) is 12.2. The van der Waals surface area contributed by atoms with Gasteiger partial charge in [-0.15, -0.1) is 0 Å². The first kappa shape index (κ1) is 14.7. The summed E-state index contributed by atoms with van der Waals surface area (Å²) in [5.41, 5.74) is 2.42. The molecule has 0 spiro atoms. The average Bonchev–Trinajstić information content (AvgIpc) is 2.37. The van der Waals surface area contributed by atoms with Gasteiger partial charge in [0.1, 0.15) is 0 Å². The van der Waals surface area contributed by atoms with Crippen molar-refractivity contribution in [3.05, 3.63) is 35.4 Å². The van der Waals surface area contributed by atoms with Crippen LogP contribution in [-0.2, 0) is 11.2 Å². The van der Waals surface area contributed by atoms with Crippen molar-refractivity contribution in [3.63, 3.8) is 0 Å². The van der Waals surface area contributed by atoms with Gasteiger partial charge in [-0.05, 0) is 31.7 Å². The fourth-order valence-corrected chi connectivity index (χ4v) is 1.85. The number of hydrogen-bond donors (Lipinski definition) is 2. The van der Waals surface area contributed by atoms with Gasteiger partial charge in [0.15, 0.2) is 0 Å². The number of aliphatic hydroxyl groups is 1. The Morgan fingerprint density at radius 1 is 1.33 bits per heavy atom. The van der Waals surface area contributed by atoms with E-state index < -0.39 is 0 Å². The first-order chi connectivity index (χ1) is 8.65. The zero-order chi connectivity index (χ0) is 13.4. The molecule has 1 aromatic rings. The molecule has 18 heavy (non-hydrogen) atoms. The molecular weight excluding hydrogens is 226 g/mol. The van der Waals surface area contributed by atoms with Crippen LogP contribution >= 0.6 is 0 Å². The predicted octanol–water partition coefficient (Wildman–Crippen LogP) is 2.20. The Kier molecular flexibility index (Phi) is 6.44. The maximum Gasteiger partial charge on any atom is 0.220 e. The summed E-state index contributed by atoms with van der Waals surface area (Å²) in [6.07, 6.45) is 2.76. The van der Waals surface area contributed by atoms with Crippen LogP contribution in [0.4, 0.5) is 0 Å². The number of amides is 1. The summed E-state index contributed by atoms with van der Waals surface area (Å²) < 4.78 is 0. The summed E-state index contributed by atoms with van der Waals surface area (Å²) in [5.74, 6) is 0.0656. The number of carbonyl (C=O) groups is 1. The van der Waals surface area contributed by atoms with Gasteiger partial charge >= 0.3 is 0 Å². The quantitative estimate of drug-likeness (QED) is 0.778. The molecule has 1 unspecified atom stereocenters. The van der Waals surface area contributed by atoms with Crippen LogP contribution in [-0.4, -0.2) is 23.7 Å². The lowest BCUT2D eigenvalue weighted by molar-refractivity contribution is -0.121. The minimum Gasteiger partial charge on any atom is -0.396 e. The van der Waals surface area contributed by atoms with Crippen LogP contribution in [0.5, 0.6) is 0 Å². The van der Waals surface area contributed by atoms with E-state index in [2.05, 4.69) is 36.5 Å². The Morgan fingerprint density at radius 2 is 2.00 bits per heavy atom. The van der Waals surface area contributed by atoms with Crippen molar-refractivity contribution in [2.45, 2.75) is 45.6 Å². The third kappa shape index (κ3) is 5.32. The third-order valence-corrected chi connectivity index (χ3v) is 3.10. The zero-order valence-electron chi connectivity index (χ0n) is 11.3. The Morgan fingerprint density at radius 3 is 2.56 bits per heavy atom. The second kappa shape index (κ2) is 7.88. The van der Waals surface area contributed by atoms with Gasteiger partial charge in [-0.25, -0.2) is 0 Å². The Balaban J connectivity index is 2.34. The van der Waals surface area contributed by atoms with Crippen molar-refractivity contribution < 1.29 is 9.90 Å². The van der Waals surface area contributed by atoms with Gasteiger partial charge in [0.05, 0.1) is 0 Å².